The Kier molecular flexibility index (Phi) is 11.1. The molecule has 12 nitrogen and oxygen atoms in total. The summed E-state index contributed by atoms with van der Waals surface area (Å²) in [7, 11) is 2.93. The van der Waals surface area contributed by atoms with Crippen molar-refractivity contribution in [1.29, 1.82) is 0 Å². The summed E-state index contributed by atoms with van der Waals surface area (Å²) in [6, 6.07) is 18.7. The summed E-state index contributed by atoms with van der Waals surface area (Å²) in [5, 5.41) is 7.89. The molecule has 0 spiro atoms. The van der Waals surface area contributed by atoms with Crippen LogP contribution in [0, 0.1) is 5.82 Å². The second kappa shape index (κ2) is 16.0. The van der Waals surface area contributed by atoms with Gasteiger partial charge in [-0.3, -0.25) is 29.0 Å². The molecule has 4 aromatic rings. The molecule has 3 aromatic carbocycles. The maximum Gasteiger partial charge on any atom is 0.258 e. The molecule has 0 bridgehead atoms. The molecule has 0 radical (unpaired) electrons. The Balaban J connectivity index is 1.21. The van der Waals surface area contributed by atoms with Crippen molar-refractivity contribution >= 4 is 40.3 Å². The lowest BCUT2D eigenvalue weighted by atomic mass is 10.0. The fraction of sp³-hybridized carbons (Fsp3) is 0.333. The lowest BCUT2D eigenvalue weighted by Gasteiger charge is -2.28. The summed E-state index contributed by atoms with van der Waals surface area (Å²) >= 11 is 0. The molecule has 270 valence electrons. The van der Waals surface area contributed by atoms with Gasteiger partial charge in [-0.25, -0.2) is 4.39 Å². The molecule has 2 aliphatic rings. The van der Waals surface area contributed by atoms with Gasteiger partial charge in [0.1, 0.15) is 24.2 Å². The number of fused-ring (bicyclic) bond motifs is 3. The van der Waals surface area contributed by atoms with Gasteiger partial charge in [0, 0.05) is 52.0 Å². The molecular weight excluding hydrogens is 667 g/mol. The van der Waals surface area contributed by atoms with Gasteiger partial charge < -0.3 is 30.1 Å². The van der Waals surface area contributed by atoms with Gasteiger partial charge in [-0.2, -0.15) is 0 Å². The van der Waals surface area contributed by atoms with Gasteiger partial charge in [-0.1, -0.05) is 48.5 Å². The van der Waals surface area contributed by atoms with Crippen molar-refractivity contribution in [2.24, 2.45) is 0 Å². The topological polar surface area (TPSA) is 141 Å². The van der Waals surface area contributed by atoms with Crippen molar-refractivity contribution in [2.45, 2.75) is 50.4 Å². The highest BCUT2D eigenvalue weighted by atomic mass is 19.1. The van der Waals surface area contributed by atoms with Crippen LogP contribution in [0.1, 0.15) is 40.7 Å². The van der Waals surface area contributed by atoms with Gasteiger partial charge >= 0.3 is 0 Å². The standard InChI is InChI=1S/C39H41FN6O6/c1-44-23-37(49)46-22-29(43-35(47)17-27-10-5-9-26-8-3-4-11-31(26)27)19-30(46)24-52-34-14-12-28(40)18-32(34)39(51)45(2)33(13-15-36(44)48)38(50)42-21-25-7-6-16-41-20-25/h3-12,14,16,18,20,29-30,33H,13,15,17,19,21-24H2,1-2H3,(H,42,50)(H,43,47)/t29-,30-,33-/m0/s1. The Morgan fingerprint density at radius 3 is 2.60 bits per heavy atom. The number of amides is 5. The van der Waals surface area contributed by atoms with Crippen LogP contribution in [-0.4, -0.2) is 101 Å². The van der Waals surface area contributed by atoms with E-state index in [4.69, 9.17) is 4.74 Å². The number of halogens is 1. The number of ether oxygens (including phenoxy) is 1. The molecule has 13 heteroatoms. The molecule has 1 aromatic heterocycles. The van der Waals surface area contributed by atoms with Crippen molar-refractivity contribution in [3.8, 4) is 5.75 Å². The smallest absolute Gasteiger partial charge is 0.258 e. The van der Waals surface area contributed by atoms with Crippen LogP contribution in [0.4, 0.5) is 4.39 Å². The highest BCUT2D eigenvalue weighted by Crippen LogP contribution is 2.27. The van der Waals surface area contributed by atoms with Gasteiger partial charge in [0.2, 0.25) is 23.6 Å². The Morgan fingerprint density at radius 2 is 1.79 bits per heavy atom. The zero-order valence-corrected chi connectivity index (χ0v) is 29.1. The van der Waals surface area contributed by atoms with Gasteiger partial charge in [0.15, 0.2) is 0 Å². The van der Waals surface area contributed by atoms with Crippen LogP contribution in [0.5, 0.6) is 5.75 Å². The number of nitrogens with zero attached hydrogens (tertiary/aromatic N) is 4. The molecule has 2 aliphatic heterocycles. The largest absolute Gasteiger partial charge is 0.491 e. The van der Waals surface area contributed by atoms with E-state index in [1.807, 2.05) is 42.5 Å². The highest BCUT2D eigenvalue weighted by molar-refractivity contribution is 6.00. The average Bonchev–Trinajstić information content (AvgIpc) is 3.55. The van der Waals surface area contributed by atoms with Crippen molar-refractivity contribution in [2.75, 3.05) is 33.8 Å². The van der Waals surface area contributed by atoms with E-state index in [0.29, 0.717) is 6.42 Å². The number of hydrogen-bond donors (Lipinski definition) is 2. The quantitative estimate of drug-likeness (QED) is 0.314. The zero-order chi connectivity index (χ0) is 36.8. The minimum absolute atomic E-state index is 0.0544. The van der Waals surface area contributed by atoms with Gasteiger partial charge in [-0.15, -0.1) is 0 Å². The molecule has 1 saturated heterocycles. The van der Waals surface area contributed by atoms with Crippen LogP contribution >= 0.6 is 0 Å². The van der Waals surface area contributed by atoms with Crippen LogP contribution in [0.2, 0.25) is 0 Å². The minimum Gasteiger partial charge on any atom is -0.491 e. The number of aromatic nitrogens is 1. The van der Waals surface area contributed by atoms with Gasteiger partial charge in [-0.05, 0) is 59.0 Å². The molecule has 0 aliphatic carbocycles. The molecular formula is C39H41FN6O6. The molecule has 2 N–H and O–H groups in total. The molecule has 0 saturated carbocycles. The average molecular weight is 709 g/mol. The fourth-order valence-corrected chi connectivity index (χ4v) is 6.84. The summed E-state index contributed by atoms with van der Waals surface area (Å²) in [4.78, 5) is 75.9. The molecule has 3 atom stereocenters. The van der Waals surface area contributed by atoms with E-state index in [2.05, 4.69) is 15.6 Å². The Morgan fingerprint density at radius 1 is 0.981 bits per heavy atom. The summed E-state index contributed by atoms with van der Waals surface area (Å²) < 4.78 is 20.8. The van der Waals surface area contributed by atoms with Crippen LogP contribution in [0.25, 0.3) is 10.8 Å². The van der Waals surface area contributed by atoms with Crippen molar-refractivity contribution < 1.29 is 33.1 Å². The number of carbonyl (C=O) groups is 5. The second-order valence-corrected chi connectivity index (χ2v) is 13.3. The number of pyridine rings is 1. The van der Waals surface area contributed by atoms with Crippen molar-refractivity contribution in [1.82, 2.24) is 30.3 Å². The predicted octanol–water partition coefficient (Wildman–Crippen LogP) is 3.09. The Labute approximate surface area is 300 Å². The summed E-state index contributed by atoms with van der Waals surface area (Å²) in [6.07, 6.45) is 3.52. The van der Waals surface area contributed by atoms with Crippen molar-refractivity contribution in [3.63, 3.8) is 0 Å². The fourth-order valence-electron chi connectivity index (χ4n) is 6.84. The molecule has 6 rings (SSSR count). The maximum absolute atomic E-state index is 14.6. The second-order valence-electron chi connectivity index (χ2n) is 13.3. The SMILES string of the molecule is CN1CC(=O)N2C[C@@H](NC(=O)Cc3cccc4ccccc34)C[C@H]2COc2ccc(F)cc2C(=O)N(C)[C@H](C(=O)NCc2cccnc2)CCC1=O. The van der Waals surface area contributed by atoms with Crippen LogP contribution in [0.15, 0.2) is 85.2 Å². The first kappa shape index (κ1) is 36.0. The molecule has 1 fully saturated rings. The van der Waals surface area contributed by atoms with Crippen LogP contribution in [0.3, 0.4) is 0 Å². The number of hydrogen-bond acceptors (Lipinski definition) is 7. The molecule has 52 heavy (non-hydrogen) atoms. The molecule has 5 amide bonds. The van der Waals surface area contributed by atoms with Gasteiger partial charge in [0.05, 0.1) is 24.6 Å². The van der Waals surface area contributed by atoms with Crippen LogP contribution < -0.4 is 15.4 Å². The predicted molar refractivity (Wildman–Crippen MR) is 190 cm³/mol. The third kappa shape index (κ3) is 8.36. The van der Waals surface area contributed by atoms with E-state index in [-0.39, 0.29) is 68.6 Å². The number of likely N-dealkylation sites (N-methyl/N-ethyl adjacent to an activating group) is 2. The lowest BCUT2D eigenvalue weighted by Crippen LogP contribution is -2.48. The van der Waals surface area contributed by atoms with Gasteiger partial charge in [0.25, 0.3) is 5.91 Å². The summed E-state index contributed by atoms with van der Waals surface area (Å²) in [5.41, 5.74) is 1.51. The third-order valence-corrected chi connectivity index (χ3v) is 9.64. The number of rotatable bonds is 6. The normalized spacial score (nSPS) is 20.0. The number of benzene rings is 3. The van der Waals surface area contributed by atoms with E-state index in [0.717, 1.165) is 28.0 Å². The van der Waals surface area contributed by atoms with E-state index < -0.39 is 41.7 Å². The van der Waals surface area contributed by atoms with E-state index in [1.165, 1.54) is 36.0 Å². The first-order valence-electron chi connectivity index (χ1n) is 17.2. The van der Waals surface area contributed by atoms with E-state index in [9.17, 15) is 28.4 Å². The Hall–Kier alpha value is -5.85. The monoisotopic (exact) mass is 708 g/mol. The molecule has 3 heterocycles. The lowest BCUT2D eigenvalue weighted by molar-refractivity contribution is -0.140. The van der Waals surface area contributed by atoms with E-state index >= 15 is 0 Å². The zero-order valence-electron chi connectivity index (χ0n) is 29.1. The van der Waals surface area contributed by atoms with E-state index in [1.54, 1.807) is 29.4 Å². The third-order valence-electron chi connectivity index (χ3n) is 9.64. The highest BCUT2D eigenvalue weighted by Gasteiger charge is 2.38. The number of nitrogens with one attached hydrogen (secondary N) is 2. The van der Waals surface area contributed by atoms with Crippen molar-refractivity contribution in [3.05, 3.63) is 108 Å². The Bertz CT molecular complexity index is 1970. The maximum atomic E-state index is 14.6. The first-order valence-corrected chi connectivity index (χ1v) is 17.2. The summed E-state index contributed by atoms with van der Waals surface area (Å²) in [6.45, 7) is 0.0290. The minimum atomic E-state index is -1.10. The summed E-state index contributed by atoms with van der Waals surface area (Å²) in [5.74, 6) is -2.72. The first-order chi connectivity index (χ1) is 25.1. The van der Waals surface area contributed by atoms with Crippen LogP contribution in [-0.2, 0) is 32.1 Å². The molecule has 0 unspecified atom stereocenters. The number of carbonyl (C=O) groups excluding carboxylic acids is 5.